The average Bonchev–Trinajstić information content (AvgIpc) is 2.84. The number of hydrogen-bond acceptors (Lipinski definition) is 2. The lowest BCUT2D eigenvalue weighted by atomic mass is 9.93. The molecule has 1 aliphatic rings. The molecule has 1 aliphatic carbocycles. The molecule has 74 valence electrons. The number of aromatic nitrogens is 1. The molecule has 0 aromatic carbocycles. The van der Waals surface area contributed by atoms with E-state index in [9.17, 15) is 4.79 Å². The molecule has 1 amide bonds. The van der Waals surface area contributed by atoms with E-state index in [0.717, 1.165) is 24.0 Å². The highest BCUT2D eigenvalue weighted by Crippen LogP contribution is 2.48. The molecule has 1 saturated carbocycles. The second kappa shape index (κ2) is 2.95. The van der Waals surface area contributed by atoms with Crippen molar-refractivity contribution in [1.29, 1.82) is 0 Å². The molecular formula is C10H11ClN2O. The van der Waals surface area contributed by atoms with Gasteiger partial charge >= 0.3 is 0 Å². The SMILES string of the molecule is Cc1cc(Cl)ncc1C1(C(N)=O)CC1. The van der Waals surface area contributed by atoms with Crippen molar-refractivity contribution in [1.82, 2.24) is 4.98 Å². The van der Waals surface area contributed by atoms with Gasteiger partial charge in [0.05, 0.1) is 5.41 Å². The monoisotopic (exact) mass is 210 g/mol. The molecule has 0 atom stereocenters. The second-order valence-electron chi connectivity index (χ2n) is 3.77. The van der Waals surface area contributed by atoms with Crippen LogP contribution in [-0.2, 0) is 10.2 Å². The Morgan fingerprint density at radius 3 is 2.71 bits per heavy atom. The molecule has 4 heteroatoms. The zero-order valence-electron chi connectivity index (χ0n) is 7.88. The van der Waals surface area contributed by atoms with Gasteiger partial charge in [0.25, 0.3) is 0 Å². The molecule has 0 saturated heterocycles. The van der Waals surface area contributed by atoms with Crippen molar-refractivity contribution in [2.45, 2.75) is 25.2 Å². The molecule has 0 aliphatic heterocycles. The zero-order valence-corrected chi connectivity index (χ0v) is 8.64. The minimum Gasteiger partial charge on any atom is -0.369 e. The van der Waals surface area contributed by atoms with Gasteiger partial charge in [-0.1, -0.05) is 11.6 Å². The van der Waals surface area contributed by atoms with E-state index in [1.807, 2.05) is 6.92 Å². The lowest BCUT2D eigenvalue weighted by molar-refractivity contribution is -0.120. The van der Waals surface area contributed by atoms with Crippen LogP contribution >= 0.6 is 11.6 Å². The van der Waals surface area contributed by atoms with Crippen molar-refractivity contribution in [2.75, 3.05) is 0 Å². The zero-order chi connectivity index (χ0) is 10.3. The van der Waals surface area contributed by atoms with Gasteiger partial charge < -0.3 is 5.73 Å². The summed E-state index contributed by atoms with van der Waals surface area (Å²) < 4.78 is 0. The van der Waals surface area contributed by atoms with Gasteiger partial charge in [0.2, 0.25) is 5.91 Å². The molecule has 0 radical (unpaired) electrons. The highest BCUT2D eigenvalue weighted by atomic mass is 35.5. The first-order chi connectivity index (χ1) is 6.56. The maximum atomic E-state index is 11.3. The van der Waals surface area contributed by atoms with Crippen LogP contribution in [0.5, 0.6) is 0 Å². The van der Waals surface area contributed by atoms with Crippen LogP contribution in [0.1, 0.15) is 24.0 Å². The number of nitrogens with two attached hydrogens (primary N) is 1. The number of carbonyl (C=O) groups excluding carboxylic acids is 1. The first-order valence-corrected chi connectivity index (χ1v) is 4.86. The first kappa shape index (κ1) is 9.46. The molecule has 0 spiro atoms. The van der Waals surface area contributed by atoms with Gasteiger partial charge in [0.15, 0.2) is 0 Å². The lowest BCUT2D eigenvalue weighted by Crippen LogP contribution is -2.29. The van der Waals surface area contributed by atoms with Crippen molar-refractivity contribution in [3.8, 4) is 0 Å². The van der Waals surface area contributed by atoms with Crippen LogP contribution in [0.2, 0.25) is 5.15 Å². The summed E-state index contributed by atoms with van der Waals surface area (Å²) in [5.74, 6) is -0.260. The number of nitrogens with zero attached hydrogens (tertiary/aromatic N) is 1. The minimum absolute atomic E-state index is 0.260. The van der Waals surface area contributed by atoms with Crippen molar-refractivity contribution < 1.29 is 4.79 Å². The molecule has 2 N–H and O–H groups in total. The number of pyridine rings is 1. The van der Waals surface area contributed by atoms with E-state index in [1.54, 1.807) is 12.3 Å². The summed E-state index contributed by atoms with van der Waals surface area (Å²) >= 11 is 5.74. The van der Waals surface area contributed by atoms with Crippen LogP contribution in [0.25, 0.3) is 0 Å². The van der Waals surface area contributed by atoms with Crippen LogP contribution in [0.3, 0.4) is 0 Å². The Balaban J connectivity index is 2.47. The van der Waals surface area contributed by atoms with Gasteiger partial charge in [-0.3, -0.25) is 4.79 Å². The number of amides is 1. The highest BCUT2D eigenvalue weighted by molar-refractivity contribution is 6.29. The summed E-state index contributed by atoms with van der Waals surface area (Å²) in [6, 6.07) is 1.76. The molecule has 0 unspecified atom stereocenters. The van der Waals surface area contributed by atoms with Crippen molar-refractivity contribution in [3.05, 3.63) is 28.5 Å². The summed E-state index contributed by atoms with van der Waals surface area (Å²) in [5.41, 5.74) is 6.83. The Morgan fingerprint density at radius 1 is 1.64 bits per heavy atom. The van der Waals surface area contributed by atoms with E-state index in [4.69, 9.17) is 17.3 Å². The third-order valence-corrected chi connectivity index (χ3v) is 3.02. The summed E-state index contributed by atoms with van der Waals surface area (Å²) in [6.45, 7) is 1.92. The molecule has 14 heavy (non-hydrogen) atoms. The molecule has 0 bridgehead atoms. The van der Waals surface area contributed by atoms with E-state index in [0.29, 0.717) is 5.15 Å². The topological polar surface area (TPSA) is 56.0 Å². The fraction of sp³-hybridized carbons (Fsp3) is 0.400. The van der Waals surface area contributed by atoms with Gasteiger partial charge in [0.1, 0.15) is 5.15 Å². The van der Waals surface area contributed by atoms with Crippen molar-refractivity contribution >= 4 is 17.5 Å². The van der Waals surface area contributed by atoms with Gasteiger partial charge in [-0.15, -0.1) is 0 Å². The number of hydrogen-bond donors (Lipinski definition) is 1. The van der Waals surface area contributed by atoms with Gasteiger partial charge in [-0.25, -0.2) is 4.98 Å². The molecule has 1 aromatic rings. The Morgan fingerprint density at radius 2 is 2.29 bits per heavy atom. The quantitative estimate of drug-likeness (QED) is 0.754. The standard InChI is InChI=1S/C10H11ClN2O/c1-6-4-8(11)13-5-7(6)10(2-3-10)9(12)14/h4-5H,2-3H2,1H3,(H2,12,14). The Kier molecular flexibility index (Phi) is 2.00. The Bertz CT molecular complexity index is 399. The fourth-order valence-corrected chi connectivity index (χ4v) is 2.01. The first-order valence-electron chi connectivity index (χ1n) is 4.49. The smallest absolute Gasteiger partial charge is 0.228 e. The average molecular weight is 211 g/mol. The van der Waals surface area contributed by atoms with E-state index in [-0.39, 0.29) is 5.91 Å². The molecule has 1 heterocycles. The van der Waals surface area contributed by atoms with Gasteiger partial charge in [0, 0.05) is 6.20 Å². The molecule has 2 rings (SSSR count). The van der Waals surface area contributed by atoms with E-state index in [2.05, 4.69) is 4.98 Å². The predicted molar refractivity (Wildman–Crippen MR) is 54.1 cm³/mol. The number of aryl methyl sites for hydroxylation is 1. The van der Waals surface area contributed by atoms with Crippen molar-refractivity contribution in [3.63, 3.8) is 0 Å². The van der Waals surface area contributed by atoms with Crippen LogP contribution in [0.15, 0.2) is 12.3 Å². The van der Waals surface area contributed by atoms with Crippen LogP contribution in [-0.4, -0.2) is 10.9 Å². The fourth-order valence-electron chi connectivity index (χ4n) is 1.80. The second-order valence-corrected chi connectivity index (χ2v) is 4.16. The summed E-state index contributed by atoms with van der Waals surface area (Å²) in [6.07, 6.45) is 3.31. The molecule has 1 fully saturated rings. The molecule has 3 nitrogen and oxygen atoms in total. The van der Waals surface area contributed by atoms with Crippen molar-refractivity contribution in [2.24, 2.45) is 5.73 Å². The Hall–Kier alpha value is -1.09. The summed E-state index contributed by atoms with van der Waals surface area (Å²) in [7, 11) is 0. The lowest BCUT2D eigenvalue weighted by Gasteiger charge is -2.13. The number of rotatable bonds is 2. The third kappa shape index (κ3) is 1.28. The minimum atomic E-state index is -0.457. The maximum Gasteiger partial charge on any atom is 0.228 e. The van der Waals surface area contributed by atoms with Gasteiger partial charge in [-0.05, 0) is 37.0 Å². The Labute approximate surface area is 87.3 Å². The summed E-state index contributed by atoms with van der Waals surface area (Å²) in [4.78, 5) is 15.3. The van der Waals surface area contributed by atoms with E-state index < -0.39 is 5.41 Å². The van der Waals surface area contributed by atoms with Crippen LogP contribution in [0.4, 0.5) is 0 Å². The third-order valence-electron chi connectivity index (χ3n) is 2.81. The summed E-state index contributed by atoms with van der Waals surface area (Å²) in [5, 5.41) is 0.450. The number of primary amides is 1. The maximum absolute atomic E-state index is 11.3. The molecule has 1 aromatic heterocycles. The largest absolute Gasteiger partial charge is 0.369 e. The normalized spacial score (nSPS) is 17.9. The number of halogens is 1. The number of carbonyl (C=O) groups is 1. The van der Waals surface area contributed by atoms with Crippen LogP contribution in [0, 0.1) is 6.92 Å². The molecular weight excluding hydrogens is 200 g/mol. The highest BCUT2D eigenvalue weighted by Gasteiger charge is 2.50. The van der Waals surface area contributed by atoms with E-state index in [1.165, 1.54) is 0 Å². The van der Waals surface area contributed by atoms with Crippen LogP contribution < -0.4 is 5.73 Å². The predicted octanol–water partition coefficient (Wildman–Crippen LogP) is 1.56. The van der Waals surface area contributed by atoms with E-state index >= 15 is 0 Å². The van der Waals surface area contributed by atoms with Gasteiger partial charge in [-0.2, -0.15) is 0 Å².